The summed E-state index contributed by atoms with van der Waals surface area (Å²) in [5.74, 6) is -0.142. The van der Waals surface area contributed by atoms with Gasteiger partial charge in [0.2, 0.25) is 0 Å². The van der Waals surface area contributed by atoms with Gasteiger partial charge >= 0.3 is 12.4 Å². The van der Waals surface area contributed by atoms with E-state index >= 15 is 0 Å². The number of allylic oxidation sites excluding steroid dienone is 1. The minimum absolute atomic E-state index is 0.0751. The van der Waals surface area contributed by atoms with E-state index in [1.54, 1.807) is 6.08 Å². The van der Waals surface area contributed by atoms with Crippen LogP contribution in [-0.2, 0) is 19.1 Å². The summed E-state index contributed by atoms with van der Waals surface area (Å²) in [6.45, 7) is 7.36. The van der Waals surface area contributed by atoms with Crippen LogP contribution in [-0.4, -0.2) is 25.7 Å². The van der Waals surface area contributed by atoms with Crippen molar-refractivity contribution < 1.29 is 19.1 Å². The number of esters is 1. The summed E-state index contributed by atoms with van der Waals surface area (Å²) in [5, 5.41) is 0. The molecule has 0 bridgehead atoms. The summed E-state index contributed by atoms with van der Waals surface area (Å²) in [5.41, 5.74) is 0.363. The maximum absolute atomic E-state index is 11.4. The molecule has 0 heterocycles. The molecule has 0 saturated carbocycles. The number of carbonyl (C=O) groups is 1. The average Bonchev–Trinajstić information content (AvgIpc) is 2.20. The Labute approximate surface area is 90.2 Å². The maximum Gasteiger partial charge on any atom is 0.417 e. The molecule has 0 spiro atoms. The van der Waals surface area contributed by atoms with Crippen molar-refractivity contribution in [1.29, 1.82) is 0 Å². The molecule has 0 amide bonds. The van der Waals surface area contributed by atoms with Gasteiger partial charge in [0.1, 0.15) is 6.61 Å². The monoisotopic (exact) mass is 213 g/mol. The number of hydrogen-bond acceptors (Lipinski definition) is 4. The van der Waals surface area contributed by atoms with Crippen LogP contribution >= 0.6 is 0 Å². The van der Waals surface area contributed by atoms with Crippen molar-refractivity contribution in [3.8, 4) is 0 Å². The van der Waals surface area contributed by atoms with Crippen molar-refractivity contribution in [3.63, 3.8) is 0 Å². The molecule has 4 heteroatoms. The molecule has 0 saturated heterocycles. The summed E-state index contributed by atoms with van der Waals surface area (Å²) in [6, 6.07) is 0. The number of hydrogen-bond donors (Lipinski definition) is 0. The molecule has 0 N–H and O–H groups in total. The standard InChI is InChI=1S/C11H17O4/c1-4-5-10(7-14-8-12)11(13)15-6-9(2)3/h5,9H,4,6-7H2,1-3H3/b10-5-. The van der Waals surface area contributed by atoms with Gasteiger partial charge in [-0.15, -0.1) is 0 Å². The molecule has 0 aromatic rings. The lowest BCUT2D eigenvalue weighted by Crippen LogP contribution is -2.15. The second-order valence-corrected chi connectivity index (χ2v) is 3.50. The van der Waals surface area contributed by atoms with Gasteiger partial charge in [0.15, 0.2) is 0 Å². The van der Waals surface area contributed by atoms with E-state index in [0.29, 0.717) is 18.6 Å². The van der Waals surface area contributed by atoms with Gasteiger partial charge in [-0.05, 0) is 12.3 Å². The molecule has 0 atom stereocenters. The molecule has 0 rings (SSSR count). The van der Waals surface area contributed by atoms with Gasteiger partial charge in [-0.1, -0.05) is 26.8 Å². The zero-order valence-electron chi connectivity index (χ0n) is 9.41. The molecular formula is C11H17O4. The van der Waals surface area contributed by atoms with E-state index in [4.69, 9.17) is 4.74 Å². The zero-order valence-corrected chi connectivity index (χ0v) is 9.41. The normalized spacial score (nSPS) is 11.3. The van der Waals surface area contributed by atoms with Crippen LogP contribution in [0.3, 0.4) is 0 Å². The van der Waals surface area contributed by atoms with E-state index in [9.17, 15) is 9.59 Å². The maximum atomic E-state index is 11.4. The molecule has 0 aliphatic carbocycles. The predicted octanol–water partition coefficient (Wildman–Crippen LogP) is 1.61. The van der Waals surface area contributed by atoms with E-state index in [0.717, 1.165) is 0 Å². The van der Waals surface area contributed by atoms with Gasteiger partial charge < -0.3 is 9.47 Å². The molecule has 0 aliphatic heterocycles. The highest BCUT2D eigenvalue weighted by Gasteiger charge is 2.11. The minimum Gasteiger partial charge on any atom is -0.462 e. The lowest BCUT2D eigenvalue weighted by Gasteiger charge is -2.08. The molecule has 4 nitrogen and oxygen atoms in total. The largest absolute Gasteiger partial charge is 0.462 e. The quantitative estimate of drug-likeness (QED) is 0.476. The van der Waals surface area contributed by atoms with Crippen molar-refractivity contribution in [1.82, 2.24) is 0 Å². The van der Waals surface area contributed by atoms with Crippen molar-refractivity contribution in [3.05, 3.63) is 11.6 Å². The van der Waals surface area contributed by atoms with Gasteiger partial charge in [-0.3, -0.25) is 0 Å². The van der Waals surface area contributed by atoms with Crippen LogP contribution in [0.1, 0.15) is 27.2 Å². The van der Waals surface area contributed by atoms with Crippen molar-refractivity contribution >= 4 is 12.4 Å². The Morgan fingerprint density at radius 2 is 2.13 bits per heavy atom. The second-order valence-electron chi connectivity index (χ2n) is 3.50. The highest BCUT2D eigenvalue weighted by Crippen LogP contribution is 2.03. The summed E-state index contributed by atoms with van der Waals surface area (Å²) < 4.78 is 9.40. The van der Waals surface area contributed by atoms with Gasteiger partial charge in [0, 0.05) is 0 Å². The Hall–Kier alpha value is -1.32. The summed E-state index contributed by atoms with van der Waals surface area (Å²) in [7, 11) is 0. The van der Waals surface area contributed by atoms with Crippen LogP contribution in [0, 0.1) is 5.92 Å². The third-order valence-electron chi connectivity index (χ3n) is 1.55. The van der Waals surface area contributed by atoms with Gasteiger partial charge in [0.25, 0.3) is 0 Å². The van der Waals surface area contributed by atoms with Crippen LogP contribution in [0.25, 0.3) is 0 Å². The molecule has 85 valence electrons. The molecule has 0 aliphatic rings. The van der Waals surface area contributed by atoms with E-state index in [-0.39, 0.29) is 12.5 Å². The fourth-order valence-electron chi connectivity index (χ4n) is 0.890. The lowest BCUT2D eigenvalue weighted by molar-refractivity contribution is -0.140. The minimum atomic E-state index is -0.430. The second kappa shape index (κ2) is 8.03. The highest BCUT2D eigenvalue weighted by molar-refractivity contribution is 5.88. The average molecular weight is 213 g/mol. The van der Waals surface area contributed by atoms with Crippen LogP contribution in [0.4, 0.5) is 0 Å². The Morgan fingerprint density at radius 3 is 2.60 bits per heavy atom. The van der Waals surface area contributed by atoms with Gasteiger partial charge in [0.05, 0.1) is 12.2 Å². The summed E-state index contributed by atoms with van der Waals surface area (Å²) in [4.78, 5) is 21.3. The lowest BCUT2D eigenvalue weighted by atomic mass is 10.2. The topological polar surface area (TPSA) is 52.6 Å². The molecule has 0 unspecified atom stereocenters. The third-order valence-corrected chi connectivity index (χ3v) is 1.55. The number of carbonyl (C=O) groups excluding carboxylic acids is 2. The molecule has 0 fully saturated rings. The van der Waals surface area contributed by atoms with Gasteiger partial charge in [-0.25, -0.2) is 9.59 Å². The first-order valence-corrected chi connectivity index (χ1v) is 4.96. The fourth-order valence-corrected chi connectivity index (χ4v) is 0.890. The van der Waals surface area contributed by atoms with Crippen LogP contribution in [0.5, 0.6) is 0 Å². The van der Waals surface area contributed by atoms with Crippen LogP contribution in [0.2, 0.25) is 0 Å². The Kier molecular flexibility index (Phi) is 7.32. The first kappa shape index (κ1) is 13.7. The molecule has 15 heavy (non-hydrogen) atoms. The van der Waals surface area contributed by atoms with E-state index in [1.807, 2.05) is 20.8 Å². The molecule has 1 radical (unpaired) electrons. The van der Waals surface area contributed by atoms with Crippen molar-refractivity contribution in [2.75, 3.05) is 13.2 Å². The third kappa shape index (κ3) is 6.71. The van der Waals surface area contributed by atoms with Crippen LogP contribution in [0.15, 0.2) is 11.6 Å². The Morgan fingerprint density at radius 1 is 1.47 bits per heavy atom. The van der Waals surface area contributed by atoms with Gasteiger partial charge in [-0.2, -0.15) is 0 Å². The van der Waals surface area contributed by atoms with E-state index in [2.05, 4.69) is 4.74 Å². The summed E-state index contributed by atoms with van der Waals surface area (Å²) >= 11 is 0. The summed E-state index contributed by atoms with van der Waals surface area (Å²) in [6.07, 6.45) is 2.37. The fraction of sp³-hybridized carbons (Fsp3) is 0.636. The molecule has 0 aromatic carbocycles. The first-order valence-electron chi connectivity index (χ1n) is 4.96. The van der Waals surface area contributed by atoms with E-state index in [1.165, 1.54) is 6.47 Å². The predicted molar refractivity (Wildman–Crippen MR) is 55.8 cm³/mol. The molecular weight excluding hydrogens is 196 g/mol. The van der Waals surface area contributed by atoms with Crippen LogP contribution < -0.4 is 0 Å². The highest BCUT2D eigenvalue weighted by atomic mass is 16.5. The SMILES string of the molecule is CC/C=C(/CO[C]=O)C(=O)OCC(C)C. The Balaban J connectivity index is 4.17. The smallest absolute Gasteiger partial charge is 0.417 e. The van der Waals surface area contributed by atoms with Crippen molar-refractivity contribution in [2.45, 2.75) is 27.2 Å². The first-order chi connectivity index (χ1) is 7.11. The van der Waals surface area contributed by atoms with Crippen molar-refractivity contribution in [2.24, 2.45) is 5.92 Å². The Bertz CT molecular complexity index is 231. The zero-order chi connectivity index (χ0) is 11.7. The number of ether oxygens (including phenoxy) is 2. The number of rotatable bonds is 7. The van der Waals surface area contributed by atoms with E-state index < -0.39 is 5.97 Å². The molecule has 0 aromatic heterocycles.